The summed E-state index contributed by atoms with van der Waals surface area (Å²) in [4.78, 5) is 13.4. The van der Waals surface area contributed by atoms with Gasteiger partial charge in [0.25, 0.3) is 0 Å². The van der Waals surface area contributed by atoms with Crippen LogP contribution in [-0.2, 0) is 7.05 Å². The SMILES string of the molecule is CN(C[C@@H]1CCCN(C)[C@H]1c1cnn(C)c1)c1ncnc2[nH]ncc12. The Kier molecular flexibility index (Phi) is 4.12. The fourth-order valence-corrected chi connectivity index (χ4v) is 4.07. The summed E-state index contributed by atoms with van der Waals surface area (Å²) in [7, 11) is 6.29. The van der Waals surface area contributed by atoms with Crippen molar-refractivity contribution >= 4 is 16.9 Å². The lowest BCUT2D eigenvalue weighted by atomic mass is 9.85. The van der Waals surface area contributed by atoms with Crippen LogP contribution in [0.2, 0.25) is 0 Å². The molecule has 0 bridgehead atoms. The van der Waals surface area contributed by atoms with E-state index < -0.39 is 0 Å². The number of aromatic amines is 1. The molecular formula is C17H24N8. The van der Waals surface area contributed by atoms with Crippen LogP contribution in [0.4, 0.5) is 5.82 Å². The topological polar surface area (TPSA) is 78.8 Å². The zero-order valence-corrected chi connectivity index (χ0v) is 14.9. The van der Waals surface area contributed by atoms with Gasteiger partial charge in [0.1, 0.15) is 12.1 Å². The Hall–Kier alpha value is -2.48. The lowest BCUT2D eigenvalue weighted by molar-refractivity contribution is 0.124. The van der Waals surface area contributed by atoms with Crippen molar-refractivity contribution in [3.8, 4) is 0 Å². The molecule has 0 amide bonds. The van der Waals surface area contributed by atoms with E-state index in [1.54, 1.807) is 12.5 Å². The molecule has 25 heavy (non-hydrogen) atoms. The molecule has 132 valence electrons. The molecule has 0 aliphatic carbocycles. The van der Waals surface area contributed by atoms with E-state index in [0.29, 0.717) is 12.0 Å². The Morgan fingerprint density at radius 1 is 1.28 bits per heavy atom. The first-order valence-electron chi connectivity index (χ1n) is 8.67. The van der Waals surface area contributed by atoms with Crippen LogP contribution in [0.15, 0.2) is 24.9 Å². The third-order valence-electron chi connectivity index (χ3n) is 5.17. The molecule has 0 radical (unpaired) electrons. The Balaban J connectivity index is 1.60. The molecule has 1 saturated heterocycles. The van der Waals surface area contributed by atoms with Gasteiger partial charge in [0.05, 0.1) is 17.8 Å². The monoisotopic (exact) mass is 340 g/mol. The first-order chi connectivity index (χ1) is 12.1. The van der Waals surface area contributed by atoms with E-state index in [9.17, 15) is 0 Å². The van der Waals surface area contributed by atoms with Gasteiger partial charge in [-0.1, -0.05) is 0 Å². The second kappa shape index (κ2) is 6.44. The molecule has 8 heteroatoms. The van der Waals surface area contributed by atoms with Crippen molar-refractivity contribution in [3.63, 3.8) is 0 Å². The van der Waals surface area contributed by atoms with Crippen LogP contribution in [0.3, 0.4) is 0 Å². The molecular weight excluding hydrogens is 316 g/mol. The zero-order chi connectivity index (χ0) is 17.4. The molecule has 0 spiro atoms. The molecule has 0 aromatic carbocycles. The van der Waals surface area contributed by atoms with E-state index in [4.69, 9.17) is 0 Å². The quantitative estimate of drug-likeness (QED) is 0.777. The second-order valence-electron chi connectivity index (χ2n) is 6.99. The summed E-state index contributed by atoms with van der Waals surface area (Å²) in [5.74, 6) is 1.45. The molecule has 3 aromatic heterocycles. The standard InChI is InChI=1S/C17H24N8/c1-23-6-4-5-12(15(23)13-7-21-25(3)10-13)9-24(2)17-14-8-20-22-16(14)18-11-19-17/h7-8,10-12,15H,4-6,9H2,1-3H3,(H,18,19,20,22)/t12-,15+/m0/s1. The van der Waals surface area contributed by atoms with Crippen LogP contribution in [0.1, 0.15) is 24.4 Å². The smallest absolute Gasteiger partial charge is 0.160 e. The van der Waals surface area contributed by atoms with Gasteiger partial charge in [-0.25, -0.2) is 9.97 Å². The van der Waals surface area contributed by atoms with Gasteiger partial charge >= 0.3 is 0 Å². The van der Waals surface area contributed by atoms with Crippen molar-refractivity contribution in [2.24, 2.45) is 13.0 Å². The molecule has 1 N–H and O–H groups in total. The highest BCUT2D eigenvalue weighted by atomic mass is 15.3. The molecule has 1 aliphatic heterocycles. The number of fused-ring (bicyclic) bond motifs is 1. The number of nitrogens with zero attached hydrogens (tertiary/aromatic N) is 7. The van der Waals surface area contributed by atoms with Gasteiger partial charge in [-0.15, -0.1) is 0 Å². The van der Waals surface area contributed by atoms with E-state index in [-0.39, 0.29) is 0 Å². The van der Waals surface area contributed by atoms with Crippen LogP contribution in [0.5, 0.6) is 0 Å². The van der Waals surface area contributed by atoms with Gasteiger partial charge in [-0.3, -0.25) is 14.7 Å². The lowest BCUT2D eigenvalue weighted by Gasteiger charge is -2.40. The molecule has 3 aromatic rings. The first-order valence-corrected chi connectivity index (χ1v) is 8.67. The minimum Gasteiger partial charge on any atom is -0.359 e. The van der Waals surface area contributed by atoms with Gasteiger partial charge < -0.3 is 4.90 Å². The summed E-state index contributed by atoms with van der Waals surface area (Å²) < 4.78 is 1.89. The van der Waals surface area contributed by atoms with E-state index in [1.165, 1.54) is 18.4 Å². The predicted octanol–water partition coefficient (Wildman–Crippen LogP) is 1.61. The first kappa shape index (κ1) is 16.0. The molecule has 1 fully saturated rings. The number of aryl methyl sites for hydroxylation is 1. The number of rotatable bonds is 4. The van der Waals surface area contributed by atoms with Gasteiger partial charge in [-0.05, 0) is 32.4 Å². The normalized spacial score (nSPS) is 21.7. The number of anilines is 1. The summed E-state index contributed by atoms with van der Waals surface area (Å²) in [6.07, 6.45) is 9.95. The summed E-state index contributed by atoms with van der Waals surface area (Å²) in [6.45, 7) is 2.06. The molecule has 0 saturated carbocycles. The Bertz CT molecular complexity index is 853. The van der Waals surface area contributed by atoms with Crippen LogP contribution < -0.4 is 4.90 Å². The average Bonchev–Trinajstić information content (AvgIpc) is 3.23. The number of nitrogens with one attached hydrogen (secondary N) is 1. The number of H-pyrrole nitrogens is 1. The number of likely N-dealkylation sites (tertiary alicyclic amines) is 1. The number of piperidine rings is 1. The van der Waals surface area contributed by atoms with Crippen molar-refractivity contribution < 1.29 is 0 Å². The van der Waals surface area contributed by atoms with Gasteiger partial charge in [0.2, 0.25) is 0 Å². The fourth-order valence-electron chi connectivity index (χ4n) is 4.07. The highest BCUT2D eigenvalue weighted by Gasteiger charge is 2.32. The van der Waals surface area contributed by atoms with Crippen molar-refractivity contribution in [2.75, 3.05) is 32.1 Å². The average molecular weight is 340 g/mol. The summed E-state index contributed by atoms with van der Waals surface area (Å²) >= 11 is 0. The van der Waals surface area contributed by atoms with E-state index in [2.05, 4.69) is 55.4 Å². The van der Waals surface area contributed by atoms with Crippen molar-refractivity contribution in [3.05, 3.63) is 30.5 Å². The van der Waals surface area contributed by atoms with Crippen molar-refractivity contribution in [2.45, 2.75) is 18.9 Å². The maximum atomic E-state index is 4.49. The number of hydrogen-bond acceptors (Lipinski definition) is 6. The van der Waals surface area contributed by atoms with E-state index >= 15 is 0 Å². The molecule has 4 rings (SSSR count). The minimum absolute atomic E-state index is 0.381. The van der Waals surface area contributed by atoms with Crippen LogP contribution in [-0.4, -0.2) is 62.0 Å². The van der Waals surface area contributed by atoms with Gasteiger partial charge in [-0.2, -0.15) is 10.2 Å². The van der Waals surface area contributed by atoms with Gasteiger partial charge in [0, 0.05) is 38.4 Å². The van der Waals surface area contributed by atoms with Gasteiger partial charge in [0.15, 0.2) is 5.65 Å². The van der Waals surface area contributed by atoms with Crippen molar-refractivity contribution in [1.29, 1.82) is 0 Å². The van der Waals surface area contributed by atoms with Crippen LogP contribution in [0, 0.1) is 5.92 Å². The molecule has 2 atom stereocenters. The molecule has 1 aliphatic rings. The zero-order valence-electron chi connectivity index (χ0n) is 14.9. The van der Waals surface area contributed by atoms with E-state index in [1.807, 2.05) is 17.9 Å². The maximum absolute atomic E-state index is 4.49. The third-order valence-corrected chi connectivity index (χ3v) is 5.17. The highest BCUT2D eigenvalue weighted by Crippen LogP contribution is 2.36. The highest BCUT2D eigenvalue weighted by molar-refractivity contribution is 5.85. The number of hydrogen-bond donors (Lipinski definition) is 1. The fraction of sp³-hybridized carbons (Fsp3) is 0.529. The molecule has 0 unspecified atom stereocenters. The summed E-state index contributed by atoms with van der Waals surface area (Å²) in [5.41, 5.74) is 2.07. The summed E-state index contributed by atoms with van der Waals surface area (Å²) in [6, 6.07) is 0.381. The third kappa shape index (κ3) is 2.97. The maximum Gasteiger partial charge on any atom is 0.160 e. The van der Waals surface area contributed by atoms with E-state index in [0.717, 1.165) is 29.9 Å². The summed E-state index contributed by atoms with van der Waals surface area (Å²) in [5, 5.41) is 12.4. The van der Waals surface area contributed by atoms with Crippen LogP contribution >= 0.6 is 0 Å². The Morgan fingerprint density at radius 2 is 2.16 bits per heavy atom. The Morgan fingerprint density at radius 3 is 2.96 bits per heavy atom. The lowest BCUT2D eigenvalue weighted by Crippen LogP contribution is -2.41. The minimum atomic E-state index is 0.381. The Labute approximate surface area is 146 Å². The largest absolute Gasteiger partial charge is 0.359 e. The van der Waals surface area contributed by atoms with Crippen LogP contribution in [0.25, 0.3) is 11.0 Å². The number of aromatic nitrogens is 6. The second-order valence-corrected chi connectivity index (χ2v) is 6.99. The predicted molar refractivity (Wildman–Crippen MR) is 96.3 cm³/mol. The van der Waals surface area contributed by atoms with Crippen molar-refractivity contribution in [1.82, 2.24) is 34.8 Å². The molecule has 8 nitrogen and oxygen atoms in total. The molecule has 4 heterocycles.